The summed E-state index contributed by atoms with van der Waals surface area (Å²) in [5.41, 5.74) is 10.8. The fourth-order valence-corrected chi connectivity index (χ4v) is 3.68. The van der Waals surface area contributed by atoms with Gasteiger partial charge in [-0.3, -0.25) is 4.79 Å². The fourth-order valence-electron chi connectivity index (χ4n) is 3.68. The molecule has 0 saturated heterocycles. The summed E-state index contributed by atoms with van der Waals surface area (Å²) < 4.78 is 11.8. The smallest absolute Gasteiger partial charge is 0.307 e. The average molecular weight is 381 g/mol. The molecule has 1 saturated carbocycles. The molecular formula is C21H23N3O4. The standard InChI is InChI=1S/C21H23N3O4/c22-24-23-18-11-19(28-13-16-9-5-2-6-10-16)17(20(18)21(25)26)14-27-12-15-7-3-1-4-8-15/h1-10,17-20H,11-14H2,(H,25,26). The Balaban J connectivity index is 1.69. The minimum atomic E-state index is -0.989. The number of hydrogen-bond donors (Lipinski definition) is 1. The number of nitrogens with zero attached hydrogens (tertiary/aromatic N) is 3. The van der Waals surface area contributed by atoms with E-state index in [1.165, 1.54) is 0 Å². The van der Waals surface area contributed by atoms with Crippen molar-refractivity contribution in [2.24, 2.45) is 17.0 Å². The van der Waals surface area contributed by atoms with Gasteiger partial charge in [0.15, 0.2) is 0 Å². The lowest BCUT2D eigenvalue weighted by molar-refractivity contribution is -0.145. The van der Waals surface area contributed by atoms with Gasteiger partial charge >= 0.3 is 5.97 Å². The zero-order valence-electron chi connectivity index (χ0n) is 15.4. The molecule has 2 aromatic carbocycles. The number of azide groups is 1. The number of hydrogen-bond acceptors (Lipinski definition) is 4. The summed E-state index contributed by atoms with van der Waals surface area (Å²) in [6.45, 7) is 0.986. The van der Waals surface area contributed by atoms with Gasteiger partial charge in [0.25, 0.3) is 0 Å². The summed E-state index contributed by atoms with van der Waals surface area (Å²) in [5.74, 6) is -2.20. The van der Waals surface area contributed by atoms with Gasteiger partial charge in [-0.1, -0.05) is 65.8 Å². The first kappa shape index (κ1) is 19.9. The maximum atomic E-state index is 11.9. The molecule has 0 heterocycles. The number of benzene rings is 2. The van der Waals surface area contributed by atoms with Gasteiger partial charge in [0.05, 0.1) is 37.9 Å². The third kappa shape index (κ3) is 5.10. The first-order valence-electron chi connectivity index (χ1n) is 9.23. The topological polar surface area (TPSA) is 105 Å². The minimum Gasteiger partial charge on any atom is -0.481 e. The SMILES string of the molecule is [N-]=[N+]=NC1CC(OCc2ccccc2)C(COCc2ccccc2)C1C(=O)O. The minimum absolute atomic E-state index is 0.225. The molecule has 2 aromatic rings. The second-order valence-corrected chi connectivity index (χ2v) is 6.87. The van der Waals surface area contributed by atoms with Crippen LogP contribution in [-0.4, -0.2) is 29.8 Å². The largest absolute Gasteiger partial charge is 0.481 e. The second-order valence-electron chi connectivity index (χ2n) is 6.87. The summed E-state index contributed by atoms with van der Waals surface area (Å²) in [6.07, 6.45) is 0.0142. The van der Waals surface area contributed by atoms with E-state index >= 15 is 0 Å². The Bertz CT molecular complexity index is 809. The van der Waals surface area contributed by atoms with Crippen LogP contribution in [0.3, 0.4) is 0 Å². The van der Waals surface area contributed by atoms with E-state index in [-0.39, 0.29) is 18.6 Å². The molecule has 3 rings (SSSR count). The van der Waals surface area contributed by atoms with Gasteiger partial charge in [0.2, 0.25) is 0 Å². The lowest BCUT2D eigenvalue weighted by atomic mass is 9.93. The van der Waals surface area contributed by atoms with Crippen molar-refractivity contribution in [3.05, 3.63) is 82.2 Å². The zero-order valence-corrected chi connectivity index (χ0v) is 15.4. The molecule has 7 heteroatoms. The van der Waals surface area contributed by atoms with E-state index in [9.17, 15) is 9.90 Å². The van der Waals surface area contributed by atoms with E-state index in [0.717, 1.165) is 11.1 Å². The molecule has 1 aliphatic rings. The van der Waals surface area contributed by atoms with Crippen LogP contribution >= 0.6 is 0 Å². The molecule has 4 unspecified atom stereocenters. The van der Waals surface area contributed by atoms with Crippen LogP contribution in [0, 0.1) is 11.8 Å². The highest BCUT2D eigenvalue weighted by molar-refractivity contribution is 5.72. The Morgan fingerprint density at radius 3 is 2.25 bits per heavy atom. The molecule has 1 N–H and O–H groups in total. The molecule has 0 bridgehead atoms. The summed E-state index contributed by atoms with van der Waals surface area (Å²) in [7, 11) is 0. The van der Waals surface area contributed by atoms with Gasteiger partial charge in [0.1, 0.15) is 0 Å². The molecule has 0 radical (unpaired) electrons. The van der Waals surface area contributed by atoms with Crippen LogP contribution in [-0.2, 0) is 27.5 Å². The van der Waals surface area contributed by atoms with Gasteiger partial charge in [-0.05, 0) is 23.1 Å². The number of ether oxygens (including phenoxy) is 2. The van der Waals surface area contributed by atoms with Gasteiger partial charge < -0.3 is 14.6 Å². The van der Waals surface area contributed by atoms with Crippen molar-refractivity contribution in [3.8, 4) is 0 Å². The Kier molecular flexibility index (Phi) is 7.03. The van der Waals surface area contributed by atoms with Gasteiger partial charge in [-0.2, -0.15) is 0 Å². The van der Waals surface area contributed by atoms with E-state index in [1.54, 1.807) is 0 Å². The van der Waals surface area contributed by atoms with Crippen molar-refractivity contribution >= 4 is 5.97 Å². The molecular weight excluding hydrogens is 358 g/mol. The number of rotatable bonds is 9. The average Bonchev–Trinajstić information content (AvgIpc) is 3.06. The van der Waals surface area contributed by atoms with Crippen LogP contribution in [0.25, 0.3) is 10.4 Å². The number of aliphatic carboxylic acids is 1. The predicted octanol–water partition coefficient (Wildman–Crippen LogP) is 4.19. The third-order valence-corrected chi connectivity index (χ3v) is 5.04. The summed E-state index contributed by atoms with van der Waals surface area (Å²) in [4.78, 5) is 14.7. The molecule has 0 spiro atoms. The summed E-state index contributed by atoms with van der Waals surface area (Å²) in [6, 6.07) is 18.7. The molecule has 146 valence electrons. The molecule has 7 nitrogen and oxygen atoms in total. The van der Waals surface area contributed by atoms with Crippen LogP contribution in [0.5, 0.6) is 0 Å². The number of carboxylic acids is 1. The Morgan fingerprint density at radius 2 is 1.68 bits per heavy atom. The highest BCUT2D eigenvalue weighted by Gasteiger charge is 2.47. The Morgan fingerprint density at radius 1 is 1.07 bits per heavy atom. The van der Waals surface area contributed by atoms with Crippen molar-refractivity contribution in [2.45, 2.75) is 31.8 Å². The summed E-state index contributed by atoms with van der Waals surface area (Å²) in [5, 5.41) is 13.4. The van der Waals surface area contributed by atoms with E-state index in [2.05, 4.69) is 10.0 Å². The lowest BCUT2D eigenvalue weighted by Crippen LogP contribution is -2.33. The monoisotopic (exact) mass is 381 g/mol. The lowest BCUT2D eigenvalue weighted by Gasteiger charge is -2.23. The summed E-state index contributed by atoms with van der Waals surface area (Å²) >= 11 is 0. The normalized spacial score (nSPS) is 23.9. The molecule has 4 atom stereocenters. The Labute approximate surface area is 163 Å². The van der Waals surface area contributed by atoms with E-state index < -0.39 is 17.9 Å². The van der Waals surface area contributed by atoms with E-state index in [1.807, 2.05) is 60.7 Å². The van der Waals surface area contributed by atoms with Gasteiger partial charge in [-0.25, -0.2) is 0 Å². The van der Waals surface area contributed by atoms with Crippen LogP contribution in [0.1, 0.15) is 17.5 Å². The van der Waals surface area contributed by atoms with Crippen molar-refractivity contribution in [1.29, 1.82) is 0 Å². The first-order valence-corrected chi connectivity index (χ1v) is 9.23. The maximum absolute atomic E-state index is 11.9. The van der Waals surface area contributed by atoms with E-state index in [0.29, 0.717) is 19.6 Å². The molecule has 0 aromatic heterocycles. The molecule has 0 aliphatic heterocycles. The second kappa shape index (κ2) is 9.90. The Hall–Kier alpha value is -2.86. The van der Waals surface area contributed by atoms with E-state index in [4.69, 9.17) is 15.0 Å². The van der Waals surface area contributed by atoms with Crippen LogP contribution < -0.4 is 0 Å². The van der Waals surface area contributed by atoms with Crippen molar-refractivity contribution in [2.75, 3.05) is 6.61 Å². The third-order valence-electron chi connectivity index (χ3n) is 5.04. The zero-order chi connectivity index (χ0) is 19.8. The predicted molar refractivity (Wildman–Crippen MR) is 103 cm³/mol. The van der Waals surface area contributed by atoms with Crippen molar-refractivity contribution in [1.82, 2.24) is 0 Å². The van der Waals surface area contributed by atoms with Gasteiger partial charge in [-0.15, -0.1) is 0 Å². The fraction of sp³-hybridized carbons (Fsp3) is 0.381. The van der Waals surface area contributed by atoms with Crippen LogP contribution in [0.4, 0.5) is 0 Å². The van der Waals surface area contributed by atoms with Crippen LogP contribution in [0.2, 0.25) is 0 Å². The van der Waals surface area contributed by atoms with Gasteiger partial charge in [0, 0.05) is 10.8 Å². The number of carboxylic acid groups (broad SMARTS) is 1. The van der Waals surface area contributed by atoms with Crippen molar-refractivity contribution < 1.29 is 19.4 Å². The van der Waals surface area contributed by atoms with Crippen molar-refractivity contribution in [3.63, 3.8) is 0 Å². The highest BCUT2D eigenvalue weighted by Crippen LogP contribution is 2.38. The molecule has 0 amide bonds. The molecule has 28 heavy (non-hydrogen) atoms. The molecule has 1 fully saturated rings. The quantitative estimate of drug-likeness (QED) is 0.399. The highest BCUT2D eigenvalue weighted by atomic mass is 16.5. The molecule has 1 aliphatic carbocycles. The number of carbonyl (C=O) groups is 1. The first-order chi connectivity index (χ1) is 13.7. The van der Waals surface area contributed by atoms with Crippen LogP contribution in [0.15, 0.2) is 65.8 Å². The maximum Gasteiger partial charge on any atom is 0.307 e.